The van der Waals surface area contributed by atoms with Crippen LogP contribution in [0.3, 0.4) is 0 Å². The molecule has 2 rings (SSSR count). The summed E-state index contributed by atoms with van der Waals surface area (Å²) in [6.07, 6.45) is 6.97. The third-order valence-electron chi connectivity index (χ3n) is 5.01. The SMILES string of the molecule is CC1CCCN(C(=O)CC(C)C2CCCNC2)CC1. The van der Waals surface area contributed by atoms with Crippen molar-refractivity contribution in [1.29, 1.82) is 0 Å². The number of nitrogens with one attached hydrogen (secondary N) is 1. The lowest BCUT2D eigenvalue weighted by Gasteiger charge is -2.30. The molecule has 3 heteroatoms. The first-order valence-electron chi connectivity index (χ1n) is 8.15. The zero-order valence-corrected chi connectivity index (χ0v) is 12.7. The van der Waals surface area contributed by atoms with Crippen molar-refractivity contribution in [3.8, 4) is 0 Å². The molecule has 0 saturated carbocycles. The second-order valence-electron chi connectivity index (χ2n) is 6.70. The van der Waals surface area contributed by atoms with Gasteiger partial charge in [0.15, 0.2) is 0 Å². The van der Waals surface area contributed by atoms with Crippen LogP contribution in [0.15, 0.2) is 0 Å². The quantitative estimate of drug-likeness (QED) is 0.852. The number of piperidine rings is 1. The molecular formula is C16H30N2O. The summed E-state index contributed by atoms with van der Waals surface area (Å²) in [7, 11) is 0. The van der Waals surface area contributed by atoms with Crippen LogP contribution >= 0.6 is 0 Å². The Labute approximate surface area is 118 Å². The van der Waals surface area contributed by atoms with Gasteiger partial charge in [-0.3, -0.25) is 4.79 Å². The minimum absolute atomic E-state index is 0.396. The highest BCUT2D eigenvalue weighted by molar-refractivity contribution is 5.76. The van der Waals surface area contributed by atoms with Crippen molar-refractivity contribution in [2.45, 2.75) is 52.4 Å². The highest BCUT2D eigenvalue weighted by atomic mass is 16.2. The van der Waals surface area contributed by atoms with Crippen molar-refractivity contribution in [2.24, 2.45) is 17.8 Å². The maximum Gasteiger partial charge on any atom is 0.222 e. The summed E-state index contributed by atoms with van der Waals surface area (Å²) in [5, 5.41) is 3.46. The van der Waals surface area contributed by atoms with Crippen LogP contribution in [0.5, 0.6) is 0 Å². The summed E-state index contributed by atoms with van der Waals surface area (Å²) in [5.74, 6) is 2.41. The maximum absolute atomic E-state index is 12.4. The molecule has 0 spiro atoms. The number of carbonyl (C=O) groups is 1. The monoisotopic (exact) mass is 266 g/mol. The molecule has 2 aliphatic rings. The molecule has 110 valence electrons. The summed E-state index contributed by atoms with van der Waals surface area (Å²) in [6, 6.07) is 0. The number of carbonyl (C=O) groups excluding carboxylic acids is 1. The fourth-order valence-electron chi connectivity index (χ4n) is 3.45. The number of nitrogens with zero attached hydrogens (tertiary/aromatic N) is 1. The van der Waals surface area contributed by atoms with Crippen molar-refractivity contribution in [2.75, 3.05) is 26.2 Å². The Morgan fingerprint density at radius 2 is 2.11 bits per heavy atom. The van der Waals surface area contributed by atoms with Gasteiger partial charge < -0.3 is 10.2 Å². The van der Waals surface area contributed by atoms with Gasteiger partial charge in [-0.25, -0.2) is 0 Å². The third kappa shape index (κ3) is 4.48. The van der Waals surface area contributed by atoms with Crippen LogP contribution in [0.1, 0.15) is 52.4 Å². The topological polar surface area (TPSA) is 32.3 Å². The summed E-state index contributed by atoms with van der Waals surface area (Å²) < 4.78 is 0. The van der Waals surface area contributed by atoms with Gasteiger partial charge in [-0.15, -0.1) is 0 Å². The van der Waals surface area contributed by atoms with Gasteiger partial charge in [0.05, 0.1) is 0 Å². The Morgan fingerprint density at radius 1 is 1.26 bits per heavy atom. The first kappa shape index (κ1) is 14.8. The predicted octanol–water partition coefficient (Wildman–Crippen LogP) is 2.66. The van der Waals surface area contributed by atoms with Crippen LogP contribution in [0.2, 0.25) is 0 Å². The molecule has 19 heavy (non-hydrogen) atoms. The molecule has 3 nitrogen and oxygen atoms in total. The minimum atomic E-state index is 0.396. The van der Waals surface area contributed by atoms with Crippen molar-refractivity contribution in [3.05, 3.63) is 0 Å². The molecule has 1 N–H and O–H groups in total. The van der Waals surface area contributed by atoms with Gasteiger partial charge in [0.25, 0.3) is 0 Å². The van der Waals surface area contributed by atoms with E-state index in [0.717, 1.165) is 38.5 Å². The van der Waals surface area contributed by atoms with Gasteiger partial charge in [-0.05, 0) is 62.9 Å². The summed E-state index contributed by atoms with van der Waals surface area (Å²) in [6.45, 7) is 8.79. The lowest BCUT2D eigenvalue weighted by atomic mass is 9.85. The highest BCUT2D eigenvalue weighted by Crippen LogP contribution is 2.24. The zero-order chi connectivity index (χ0) is 13.7. The largest absolute Gasteiger partial charge is 0.343 e. The van der Waals surface area contributed by atoms with E-state index < -0.39 is 0 Å². The third-order valence-corrected chi connectivity index (χ3v) is 5.01. The molecule has 3 unspecified atom stereocenters. The second kappa shape index (κ2) is 7.28. The van der Waals surface area contributed by atoms with E-state index in [0.29, 0.717) is 17.7 Å². The Hall–Kier alpha value is -0.570. The smallest absolute Gasteiger partial charge is 0.222 e. The van der Waals surface area contributed by atoms with E-state index in [1.807, 2.05) is 0 Å². The Balaban J connectivity index is 1.78. The van der Waals surface area contributed by atoms with E-state index in [-0.39, 0.29) is 0 Å². The molecule has 3 atom stereocenters. The second-order valence-corrected chi connectivity index (χ2v) is 6.70. The fraction of sp³-hybridized carbons (Fsp3) is 0.938. The lowest BCUT2D eigenvalue weighted by molar-refractivity contribution is -0.132. The molecule has 0 aliphatic carbocycles. The number of amides is 1. The Bertz CT molecular complexity index is 286. The van der Waals surface area contributed by atoms with E-state index >= 15 is 0 Å². The van der Waals surface area contributed by atoms with E-state index in [1.165, 1.54) is 32.1 Å². The summed E-state index contributed by atoms with van der Waals surface area (Å²) in [5.41, 5.74) is 0. The van der Waals surface area contributed by atoms with Crippen molar-refractivity contribution in [1.82, 2.24) is 10.2 Å². The van der Waals surface area contributed by atoms with Crippen LogP contribution < -0.4 is 5.32 Å². The summed E-state index contributed by atoms with van der Waals surface area (Å²) >= 11 is 0. The molecule has 2 heterocycles. The van der Waals surface area contributed by atoms with Crippen LogP contribution in [0, 0.1) is 17.8 Å². The number of hydrogen-bond donors (Lipinski definition) is 1. The van der Waals surface area contributed by atoms with Crippen molar-refractivity contribution < 1.29 is 4.79 Å². The van der Waals surface area contributed by atoms with Crippen molar-refractivity contribution in [3.63, 3.8) is 0 Å². The highest BCUT2D eigenvalue weighted by Gasteiger charge is 2.25. The van der Waals surface area contributed by atoms with Crippen LogP contribution in [0.4, 0.5) is 0 Å². The van der Waals surface area contributed by atoms with E-state index in [2.05, 4.69) is 24.1 Å². The average Bonchev–Trinajstić information content (AvgIpc) is 2.64. The molecule has 0 aromatic rings. The fourth-order valence-corrected chi connectivity index (χ4v) is 3.45. The van der Waals surface area contributed by atoms with E-state index in [9.17, 15) is 4.79 Å². The number of hydrogen-bond acceptors (Lipinski definition) is 2. The minimum Gasteiger partial charge on any atom is -0.343 e. The van der Waals surface area contributed by atoms with Crippen molar-refractivity contribution >= 4 is 5.91 Å². The number of rotatable bonds is 3. The molecule has 0 radical (unpaired) electrons. The normalized spacial score (nSPS) is 30.7. The van der Waals surface area contributed by atoms with Gasteiger partial charge in [-0.1, -0.05) is 13.8 Å². The van der Waals surface area contributed by atoms with Crippen LogP contribution in [-0.2, 0) is 4.79 Å². The van der Waals surface area contributed by atoms with Gasteiger partial charge >= 0.3 is 0 Å². The summed E-state index contributed by atoms with van der Waals surface area (Å²) in [4.78, 5) is 14.5. The molecule has 0 aromatic heterocycles. The van der Waals surface area contributed by atoms with Crippen LogP contribution in [-0.4, -0.2) is 37.0 Å². The predicted molar refractivity (Wildman–Crippen MR) is 79.0 cm³/mol. The maximum atomic E-state index is 12.4. The van der Waals surface area contributed by atoms with E-state index in [4.69, 9.17) is 0 Å². The molecule has 2 aliphatic heterocycles. The van der Waals surface area contributed by atoms with Gasteiger partial charge in [0.2, 0.25) is 5.91 Å². The van der Waals surface area contributed by atoms with Gasteiger partial charge in [0.1, 0.15) is 0 Å². The molecule has 1 amide bonds. The molecule has 0 bridgehead atoms. The van der Waals surface area contributed by atoms with Crippen LogP contribution in [0.25, 0.3) is 0 Å². The van der Waals surface area contributed by atoms with Gasteiger partial charge in [-0.2, -0.15) is 0 Å². The average molecular weight is 266 g/mol. The molecular weight excluding hydrogens is 236 g/mol. The Morgan fingerprint density at radius 3 is 2.84 bits per heavy atom. The standard InChI is InChI=1S/C16H30N2O/c1-13-5-4-9-18(10-7-13)16(19)11-14(2)15-6-3-8-17-12-15/h13-15,17H,3-12H2,1-2H3. The Kier molecular flexibility index (Phi) is 5.68. The first-order valence-corrected chi connectivity index (χ1v) is 8.15. The lowest BCUT2D eigenvalue weighted by Crippen LogP contribution is -2.37. The number of likely N-dealkylation sites (tertiary alicyclic amines) is 1. The van der Waals surface area contributed by atoms with Gasteiger partial charge in [0, 0.05) is 19.5 Å². The van der Waals surface area contributed by atoms with E-state index in [1.54, 1.807) is 0 Å². The first-order chi connectivity index (χ1) is 9.16. The molecule has 2 fully saturated rings. The molecule has 2 saturated heterocycles. The zero-order valence-electron chi connectivity index (χ0n) is 12.7. The molecule has 0 aromatic carbocycles.